The van der Waals surface area contributed by atoms with Crippen LogP contribution >= 0.6 is 0 Å². The van der Waals surface area contributed by atoms with Gasteiger partial charge >= 0.3 is 29.6 Å². The van der Waals surface area contributed by atoms with Crippen LogP contribution in [-0.4, -0.2) is 40.3 Å². The van der Waals surface area contributed by atoms with Gasteiger partial charge in [0, 0.05) is 17.6 Å². The van der Waals surface area contributed by atoms with E-state index < -0.39 is 18.2 Å². The van der Waals surface area contributed by atoms with Crippen molar-refractivity contribution >= 4 is 11.9 Å². The van der Waals surface area contributed by atoms with Gasteiger partial charge < -0.3 is 25.4 Å². The van der Waals surface area contributed by atoms with Crippen LogP contribution in [0.2, 0.25) is 0 Å². The van der Waals surface area contributed by atoms with Gasteiger partial charge in [-0.1, -0.05) is 53.7 Å². The van der Waals surface area contributed by atoms with Gasteiger partial charge in [0.05, 0.1) is 12.2 Å². The number of nitrogens with one attached hydrogen (secondary N) is 1. The third kappa shape index (κ3) is 6.01. The third-order valence-electron chi connectivity index (χ3n) is 12.7. The molecule has 4 saturated carbocycles. The van der Waals surface area contributed by atoms with Gasteiger partial charge in [0.2, 0.25) is 0 Å². The first kappa shape index (κ1) is 34.0. The molecule has 1 aromatic rings. The fourth-order valence-corrected chi connectivity index (χ4v) is 10.2. The monoisotopic (exact) mass is 589 g/mol. The summed E-state index contributed by atoms with van der Waals surface area (Å²) in [6.45, 7) is 13.2. The molecule has 5 rings (SSSR count). The number of carboxylic acid groups (broad SMARTS) is 1. The minimum Gasteiger partial charge on any atom is -0.550 e. The molecule has 0 saturated heterocycles. The summed E-state index contributed by atoms with van der Waals surface area (Å²) in [5.74, 6) is 0.379. The second-order valence-corrected chi connectivity index (χ2v) is 15.8. The van der Waals surface area contributed by atoms with Crippen LogP contribution < -0.4 is 40.0 Å². The van der Waals surface area contributed by atoms with Crippen LogP contribution in [0.5, 0.6) is 0 Å². The number of benzene rings is 1. The molecular formula is C35H52NNaO5. The zero-order chi connectivity index (χ0) is 29.9. The Morgan fingerprint density at radius 1 is 1.02 bits per heavy atom. The Morgan fingerprint density at radius 2 is 1.69 bits per heavy atom. The first-order valence-corrected chi connectivity index (χ1v) is 16.1. The van der Waals surface area contributed by atoms with Crippen LogP contribution in [-0.2, 0) is 10.2 Å². The molecule has 3 N–H and O–H groups in total. The van der Waals surface area contributed by atoms with Crippen molar-refractivity contribution in [3.63, 3.8) is 0 Å². The van der Waals surface area contributed by atoms with Crippen LogP contribution in [0, 0.1) is 46.3 Å². The van der Waals surface area contributed by atoms with Gasteiger partial charge in [-0.05, 0) is 127 Å². The summed E-state index contributed by atoms with van der Waals surface area (Å²) >= 11 is 0. The molecule has 0 aromatic heterocycles. The smallest absolute Gasteiger partial charge is 0.550 e. The fourth-order valence-electron chi connectivity index (χ4n) is 10.2. The van der Waals surface area contributed by atoms with Crippen molar-refractivity contribution in [2.24, 2.45) is 46.3 Å². The summed E-state index contributed by atoms with van der Waals surface area (Å²) in [5, 5.41) is 37.9. The van der Waals surface area contributed by atoms with E-state index in [1.807, 2.05) is 24.3 Å². The number of carbonyl (C=O) groups excluding carboxylic acids is 2. The molecule has 0 heterocycles. The Hall–Kier alpha value is -0.920. The van der Waals surface area contributed by atoms with E-state index in [-0.39, 0.29) is 93.8 Å². The SMILES string of the molecule is C[C@H](CCC(=O)[O-])[C@H]1CC[C@H]2[C@@H]3[C@H](O)C[C@@H]4C[C@@H](NC(=O)c5ccc(C(C)(C)C)cc5)CC[C@]4(C)[C@H]3C[C@H](O)[C@]12C.[Na+]. The van der Waals surface area contributed by atoms with Crippen molar-refractivity contribution in [1.82, 2.24) is 5.32 Å². The number of aliphatic hydroxyl groups is 2. The van der Waals surface area contributed by atoms with Gasteiger partial charge in [0.1, 0.15) is 0 Å². The second kappa shape index (κ2) is 12.5. The van der Waals surface area contributed by atoms with Crippen LogP contribution in [0.1, 0.15) is 115 Å². The quantitative estimate of drug-likeness (QED) is 0.439. The zero-order valence-electron chi connectivity index (χ0n) is 27.0. The van der Waals surface area contributed by atoms with E-state index >= 15 is 0 Å². The van der Waals surface area contributed by atoms with Crippen LogP contribution in [0.4, 0.5) is 0 Å². The maximum atomic E-state index is 13.1. The van der Waals surface area contributed by atoms with E-state index in [9.17, 15) is 24.9 Å². The van der Waals surface area contributed by atoms with Crippen molar-refractivity contribution in [3.8, 4) is 0 Å². The van der Waals surface area contributed by atoms with E-state index in [2.05, 4.69) is 46.9 Å². The van der Waals surface area contributed by atoms with Crippen LogP contribution in [0.25, 0.3) is 0 Å². The summed E-state index contributed by atoms with van der Waals surface area (Å²) in [7, 11) is 0. The number of carbonyl (C=O) groups is 2. The van der Waals surface area contributed by atoms with Gasteiger partial charge in [-0.25, -0.2) is 0 Å². The number of carboxylic acids is 1. The van der Waals surface area contributed by atoms with Gasteiger partial charge in [0.15, 0.2) is 0 Å². The van der Waals surface area contributed by atoms with E-state index in [4.69, 9.17) is 0 Å². The largest absolute Gasteiger partial charge is 1.00 e. The summed E-state index contributed by atoms with van der Waals surface area (Å²) in [6, 6.07) is 8.03. The molecule has 228 valence electrons. The molecule has 1 aromatic carbocycles. The number of aliphatic carboxylic acids is 1. The van der Waals surface area contributed by atoms with Crippen molar-refractivity contribution in [2.45, 2.75) is 123 Å². The Balaban J connectivity index is 0.00000405. The molecule has 0 spiro atoms. The van der Waals surface area contributed by atoms with Crippen molar-refractivity contribution in [3.05, 3.63) is 35.4 Å². The number of aliphatic hydroxyl groups excluding tert-OH is 2. The molecule has 0 aliphatic heterocycles. The number of hydrogen-bond acceptors (Lipinski definition) is 5. The number of hydrogen-bond donors (Lipinski definition) is 3. The molecule has 42 heavy (non-hydrogen) atoms. The van der Waals surface area contributed by atoms with Gasteiger partial charge in [-0.3, -0.25) is 4.79 Å². The van der Waals surface area contributed by atoms with Gasteiger partial charge in [0.25, 0.3) is 5.91 Å². The molecule has 4 fully saturated rings. The predicted octanol–water partition coefficient (Wildman–Crippen LogP) is 1.85. The second-order valence-electron chi connectivity index (χ2n) is 15.8. The zero-order valence-corrected chi connectivity index (χ0v) is 29.0. The topological polar surface area (TPSA) is 110 Å². The van der Waals surface area contributed by atoms with Gasteiger partial charge in [-0.2, -0.15) is 0 Å². The molecule has 0 bridgehead atoms. The molecule has 7 heteroatoms. The van der Waals surface area contributed by atoms with E-state index in [0.29, 0.717) is 24.3 Å². The minimum atomic E-state index is -1.01. The molecule has 11 atom stereocenters. The minimum absolute atomic E-state index is 0. The summed E-state index contributed by atoms with van der Waals surface area (Å²) in [5.41, 5.74) is 1.67. The van der Waals surface area contributed by atoms with E-state index in [1.165, 1.54) is 5.56 Å². The standard InChI is InChI=1S/C35H53NO5.Na/c1-20(7-14-30(39)40)25-12-13-26-31-27(19-29(38)35(25,26)6)34(5)16-15-24(17-23(34)18-28(31)37)36-32(41)21-8-10-22(11-9-21)33(2,3)4;/h8-11,20,23-29,31,37-38H,7,12-19H2,1-6H3,(H,36,41)(H,39,40);/q;+1/p-1/t20-,23+,24+,25-,26+,27+,28-,29+,31+,34+,35-;/m1./s1. The fraction of sp³-hybridized carbons (Fsp3) is 0.771. The van der Waals surface area contributed by atoms with E-state index in [0.717, 1.165) is 38.5 Å². The van der Waals surface area contributed by atoms with Gasteiger partial charge in [-0.15, -0.1) is 0 Å². The molecule has 4 aliphatic carbocycles. The van der Waals surface area contributed by atoms with Crippen LogP contribution in [0.15, 0.2) is 24.3 Å². The Kier molecular flexibility index (Phi) is 10.1. The normalized spacial score (nSPS) is 40.1. The first-order valence-electron chi connectivity index (χ1n) is 16.1. The molecule has 4 aliphatic rings. The van der Waals surface area contributed by atoms with E-state index in [1.54, 1.807) is 0 Å². The van der Waals surface area contributed by atoms with Crippen molar-refractivity contribution in [2.75, 3.05) is 0 Å². The van der Waals surface area contributed by atoms with Crippen LogP contribution in [0.3, 0.4) is 0 Å². The molecule has 6 nitrogen and oxygen atoms in total. The summed E-state index contributed by atoms with van der Waals surface area (Å²) in [4.78, 5) is 24.3. The number of fused-ring (bicyclic) bond motifs is 5. The maximum absolute atomic E-state index is 13.1. The molecule has 1 amide bonds. The third-order valence-corrected chi connectivity index (χ3v) is 12.7. The Morgan fingerprint density at radius 3 is 2.31 bits per heavy atom. The summed E-state index contributed by atoms with van der Waals surface area (Å²) in [6.07, 6.45) is 5.95. The molecule has 0 unspecified atom stereocenters. The Labute approximate surface area is 275 Å². The first-order chi connectivity index (χ1) is 19.2. The number of rotatable bonds is 6. The Bertz CT molecular complexity index is 1130. The number of amides is 1. The molecular weight excluding hydrogens is 537 g/mol. The average Bonchev–Trinajstić information content (AvgIpc) is 3.26. The average molecular weight is 590 g/mol. The summed E-state index contributed by atoms with van der Waals surface area (Å²) < 4.78 is 0. The van der Waals surface area contributed by atoms with Crippen molar-refractivity contribution in [1.29, 1.82) is 0 Å². The predicted molar refractivity (Wildman–Crippen MR) is 158 cm³/mol. The maximum Gasteiger partial charge on any atom is 1.00 e. The molecule has 0 radical (unpaired) electrons. The van der Waals surface area contributed by atoms with Crippen molar-refractivity contribution < 1.29 is 54.5 Å².